The number of hydrogen-bond donors (Lipinski definition) is 5. The van der Waals surface area contributed by atoms with Crippen LogP contribution in [0.1, 0.15) is 12.6 Å². The molecule has 0 aromatic carbocycles. The number of fused-ring (bicyclic) bond motifs is 1. The van der Waals surface area contributed by atoms with Crippen LogP contribution in [0.2, 0.25) is 0 Å². The number of rotatable bonds is 5. The molecule has 3 rings (SSSR count). The van der Waals surface area contributed by atoms with Crippen LogP contribution >= 0.6 is 11.8 Å². The Morgan fingerprint density at radius 2 is 2.16 bits per heavy atom. The molecule has 0 bridgehead atoms. The third-order valence-corrected chi connectivity index (χ3v) is 4.74. The molecule has 2 aromatic rings. The average molecular weight is 367 g/mol. The van der Waals surface area contributed by atoms with E-state index in [1.54, 1.807) is 0 Å². The van der Waals surface area contributed by atoms with Crippen LogP contribution in [0.5, 0.6) is 0 Å². The second-order valence-electron chi connectivity index (χ2n) is 5.42. The van der Waals surface area contributed by atoms with Crippen molar-refractivity contribution in [2.75, 3.05) is 18.1 Å². The molecule has 11 heteroatoms. The van der Waals surface area contributed by atoms with Gasteiger partial charge in [-0.1, -0.05) is 11.8 Å². The smallest absolute Gasteiger partial charge is 0.280 e. The molecule has 0 amide bonds. The highest BCUT2D eigenvalue weighted by Gasteiger charge is 2.45. The van der Waals surface area contributed by atoms with E-state index in [9.17, 15) is 20.1 Å². The highest BCUT2D eigenvalue weighted by Crippen LogP contribution is 2.35. The van der Waals surface area contributed by atoms with Gasteiger partial charge in [-0.15, -0.1) is 12.3 Å². The predicted molar refractivity (Wildman–Crippen MR) is 89.7 cm³/mol. The number of terminal acetylenes is 1. The van der Waals surface area contributed by atoms with Crippen LogP contribution in [0.25, 0.3) is 11.2 Å². The number of nitrogens with one attached hydrogen (secondary N) is 1. The van der Waals surface area contributed by atoms with Crippen LogP contribution in [-0.4, -0.2) is 65.5 Å². The van der Waals surface area contributed by atoms with Gasteiger partial charge in [0.1, 0.15) is 18.3 Å². The minimum atomic E-state index is -1.34. The van der Waals surface area contributed by atoms with Crippen molar-refractivity contribution in [3.63, 3.8) is 0 Å². The molecular weight excluding hydrogens is 350 g/mol. The summed E-state index contributed by atoms with van der Waals surface area (Å²) in [5.74, 6) is 2.89. The SMILES string of the molecule is C#CCCSc1nc2c(=O)[nH]c(N)nc2n1[C@@H]1O[C@H](CO)[C@@H](O)[C@H]1O. The number of nitrogens with two attached hydrogens (primary N) is 1. The van der Waals surface area contributed by atoms with Crippen molar-refractivity contribution in [2.45, 2.75) is 36.1 Å². The first-order chi connectivity index (χ1) is 12.0. The van der Waals surface area contributed by atoms with Gasteiger partial charge in [-0.3, -0.25) is 14.3 Å². The highest BCUT2D eigenvalue weighted by atomic mass is 32.2. The Balaban J connectivity index is 2.12. The maximum absolute atomic E-state index is 12.1. The highest BCUT2D eigenvalue weighted by molar-refractivity contribution is 7.99. The van der Waals surface area contributed by atoms with Crippen LogP contribution in [0.4, 0.5) is 5.95 Å². The largest absolute Gasteiger partial charge is 0.394 e. The number of thioether (sulfide) groups is 1. The first kappa shape index (κ1) is 17.7. The van der Waals surface area contributed by atoms with Crippen molar-refractivity contribution in [3.8, 4) is 12.3 Å². The number of aromatic nitrogens is 4. The summed E-state index contributed by atoms with van der Waals surface area (Å²) in [5.41, 5.74) is 5.20. The van der Waals surface area contributed by atoms with E-state index in [4.69, 9.17) is 16.9 Å². The van der Waals surface area contributed by atoms with Gasteiger partial charge >= 0.3 is 0 Å². The summed E-state index contributed by atoms with van der Waals surface area (Å²) in [6, 6.07) is 0. The number of anilines is 1. The first-order valence-corrected chi connectivity index (χ1v) is 8.43. The number of ether oxygens (including phenoxy) is 1. The summed E-state index contributed by atoms with van der Waals surface area (Å²) in [4.78, 5) is 22.8. The normalized spacial score (nSPS) is 26.2. The lowest BCUT2D eigenvalue weighted by Crippen LogP contribution is -2.33. The van der Waals surface area contributed by atoms with E-state index < -0.39 is 36.7 Å². The fourth-order valence-electron chi connectivity index (χ4n) is 2.61. The van der Waals surface area contributed by atoms with Crippen molar-refractivity contribution >= 4 is 28.9 Å². The Labute approximate surface area is 146 Å². The maximum atomic E-state index is 12.1. The molecule has 0 spiro atoms. The molecule has 0 aliphatic carbocycles. The lowest BCUT2D eigenvalue weighted by atomic mass is 10.1. The van der Waals surface area contributed by atoms with Crippen LogP contribution in [-0.2, 0) is 4.74 Å². The molecule has 1 aliphatic rings. The van der Waals surface area contributed by atoms with Gasteiger partial charge in [0.25, 0.3) is 5.56 Å². The number of aromatic amines is 1. The molecule has 0 unspecified atom stereocenters. The standard InChI is InChI=1S/C14H17N5O5S/c1-2-3-4-25-14-16-7-10(17-13(15)18-11(7)23)19(14)12-9(22)8(21)6(5-20)24-12/h1,6,8-9,12,20-22H,3-5H2,(H3,15,17,18,23)/t6-,8-,9-,12-/m1/s1. The Kier molecular flexibility index (Phi) is 4.98. The minimum Gasteiger partial charge on any atom is -0.394 e. The number of imidazole rings is 1. The minimum absolute atomic E-state index is 0.0233. The van der Waals surface area contributed by atoms with Crippen LogP contribution < -0.4 is 11.3 Å². The Hall–Kier alpha value is -2.10. The van der Waals surface area contributed by atoms with Crippen molar-refractivity contribution in [1.29, 1.82) is 0 Å². The van der Waals surface area contributed by atoms with Gasteiger partial charge in [0, 0.05) is 12.2 Å². The van der Waals surface area contributed by atoms with E-state index in [0.29, 0.717) is 17.3 Å². The van der Waals surface area contributed by atoms with Crippen molar-refractivity contribution in [2.24, 2.45) is 0 Å². The third kappa shape index (κ3) is 3.10. The maximum Gasteiger partial charge on any atom is 0.280 e. The van der Waals surface area contributed by atoms with Gasteiger partial charge < -0.3 is 25.8 Å². The molecule has 6 N–H and O–H groups in total. The number of aliphatic hydroxyl groups is 3. The zero-order chi connectivity index (χ0) is 18.1. The second kappa shape index (κ2) is 7.03. The van der Waals surface area contributed by atoms with E-state index in [2.05, 4.69) is 20.9 Å². The number of H-pyrrole nitrogens is 1. The summed E-state index contributed by atoms with van der Waals surface area (Å²) >= 11 is 1.25. The fourth-order valence-corrected chi connectivity index (χ4v) is 3.49. The summed E-state index contributed by atoms with van der Waals surface area (Å²) in [6.07, 6.45) is 1.02. The summed E-state index contributed by atoms with van der Waals surface area (Å²) in [7, 11) is 0. The molecule has 2 aromatic heterocycles. The first-order valence-electron chi connectivity index (χ1n) is 7.44. The Morgan fingerprint density at radius 1 is 1.40 bits per heavy atom. The molecule has 10 nitrogen and oxygen atoms in total. The van der Waals surface area contributed by atoms with Crippen LogP contribution in [0, 0.1) is 12.3 Å². The predicted octanol–water partition coefficient (Wildman–Crippen LogP) is -1.57. The summed E-state index contributed by atoms with van der Waals surface area (Å²) < 4.78 is 6.94. The lowest BCUT2D eigenvalue weighted by molar-refractivity contribution is -0.0548. The third-order valence-electron chi connectivity index (χ3n) is 3.79. The molecule has 1 saturated heterocycles. The number of hydrogen-bond acceptors (Lipinski definition) is 9. The van der Waals surface area contributed by atoms with Crippen molar-refractivity contribution in [3.05, 3.63) is 10.4 Å². The van der Waals surface area contributed by atoms with Crippen molar-refractivity contribution in [1.82, 2.24) is 19.5 Å². The topological polar surface area (TPSA) is 160 Å². The zero-order valence-electron chi connectivity index (χ0n) is 13.0. The van der Waals surface area contributed by atoms with Gasteiger partial charge in [0.2, 0.25) is 5.95 Å². The number of nitrogen functional groups attached to an aromatic ring is 1. The monoisotopic (exact) mass is 367 g/mol. The van der Waals surface area contributed by atoms with Gasteiger partial charge in [-0.25, -0.2) is 4.98 Å². The molecule has 134 valence electrons. The molecule has 0 radical (unpaired) electrons. The summed E-state index contributed by atoms with van der Waals surface area (Å²) in [6.45, 7) is -0.475. The fraction of sp³-hybridized carbons (Fsp3) is 0.500. The zero-order valence-corrected chi connectivity index (χ0v) is 13.8. The van der Waals surface area contributed by atoms with Gasteiger partial charge in [-0.05, 0) is 0 Å². The molecule has 0 saturated carbocycles. The van der Waals surface area contributed by atoms with E-state index >= 15 is 0 Å². The van der Waals surface area contributed by atoms with Gasteiger partial charge in [-0.2, -0.15) is 4.98 Å². The van der Waals surface area contributed by atoms with E-state index in [0.717, 1.165) is 0 Å². The molecule has 4 atom stereocenters. The molecule has 1 fully saturated rings. The van der Waals surface area contributed by atoms with Crippen LogP contribution in [0.3, 0.4) is 0 Å². The molecule has 1 aliphatic heterocycles. The quantitative estimate of drug-likeness (QED) is 0.239. The number of nitrogens with zero attached hydrogens (tertiary/aromatic N) is 3. The molecule has 3 heterocycles. The van der Waals surface area contributed by atoms with E-state index in [-0.39, 0.29) is 17.1 Å². The van der Waals surface area contributed by atoms with Gasteiger partial charge in [0.15, 0.2) is 22.5 Å². The Bertz CT molecular complexity index is 875. The second-order valence-corrected chi connectivity index (χ2v) is 6.48. The number of aliphatic hydroxyl groups excluding tert-OH is 3. The van der Waals surface area contributed by atoms with Crippen molar-refractivity contribution < 1.29 is 20.1 Å². The summed E-state index contributed by atoms with van der Waals surface area (Å²) in [5, 5.41) is 29.9. The van der Waals surface area contributed by atoms with Crippen LogP contribution in [0.15, 0.2) is 9.95 Å². The Morgan fingerprint density at radius 3 is 2.80 bits per heavy atom. The molecular formula is C14H17N5O5S. The van der Waals surface area contributed by atoms with E-state index in [1.807, 2.05) is 0 Å². The average Bonchev–Trinajstić information content (AvgIpc) is 3.06. The molecule has 25 heavy (non-hydrogen) atoms. The lowest BCUT2D eigenvalue weighted by Gasteiger charge is -2.19. The van der Waals surface area contributed by atoms with Gasteiger partial charge in [0.05, 0.1) is 6.61 Å². The van der Waals surface area contributed by atoms with E-state index in [1.165, 1.54) is 16.3 Å².